The quantitative estimate of drug-likeness (QED) is 0.557. The van der Waals surface area contributed by atoms with Crippen molar-refractivity contribution >= 4 is 34.0 Å². The molecule has 2 fully saturated rings. The van der Waals surface area contributed by atoms with Crippen LogP contribution in [0.4, 0.5) is 4.79 Å². The Balaban J connectivity index is 1.89. The first kappa shape index (κ1) is 17.0. The van der Waals surface area contributed by atoms with Crippen molar-refractivity contribution in [1.29, 1.82) is 0 Å². The first-order chi connectivity index (χ1) is 10.3. The van der Waals surface area contributed by atoms with Crippen LogP contribution in [0.3, 0.4) is 0 Å². The smallest absolute Gasteiger partial charge is 0.359 e. The fraction of sp³-hybridized carbons (Fsp3) is 0.857. The number of amides is 1. The predicted molar refractivity (Wildman–Crippen MR) is 88.4 cm³/mol. The van der Waals surface area contributed by atoms with Gasteiger partial charge in [0.25, 0.3) is 0 Å². The summed E-state index contributed by atoms with van der Waals surface area (Å²) in [5, 5.41) is 3.98. The molecule has 120 valence electrons. The summed E-state index contributed by atoms with van der Waals surface area (Å²) in [7, 11) is 0. The third-order valence-electron chi connectivity index (χ3n) is 3.73. The van der Waals surface area contributed by atoms with Gasteiger partial charge in [-0.05, 0) is 19.3 Å². The van der Waals surface area contributed by atoms with Gasteiger partial charge in [-0.2, -0.15) is 0 Å². The molecule has 1 heterocycles. The Kier molecular flexibility index (Phi) is 7.74. The standard InChI is InChI=1S/C14H24N2O3S2/c1-2-3-9-16(12-7-5-4-6-8-12)14(17)19-15-13-20-10-18-11-21-13/h12H,2-11H2,1H3. The van der Waals surface area contributed by atoms with Gasteiger partial charge < -0.3 is 9.64 Å². The second kappa shape index (κ2) is 9.58. The monoisotopic (exact) mass is 332 g/mol. The molecular weight excluding hydrogens is 308 g/mol. The van der Waals surface area contributed by atoms with Crippen molar-refractivity contribution in [3.8, 4) is 0 Å². The van der Waals surface area contributed by atoms with E-state index in [0.717, 1.165) is 36.6 Å². The average Bonchev–Trinajstić information content (AvgIpc) is 2.55. The highest BCUT2D eigenvalue weighted by molar-refractivity contribution is 8.39. The molecule has 21 heavy (non-hydrogen) atoms. The van der Waals surface area contributed by atoms with Gasteiger partial charge in [0.15, 0.2) is 4.38 Å². The second-order valence-corrected chi connectivity index (χ2v) is 7.36. The van der Waals surface area contributed by atoms with E-state index in [1.54, 1.807) is 0 Å². The van der Waals surface area contributed by atoms with Gasteiger partial charge in [0.2, 0.25) is 0 Å². The molecule has 0 bridgehead atoms. The van der Waals surface area contributed by atoms with Crippen molar-refractivity contribution < 1.29 is 14.4 Å². The highest BCUT2D eigenvalue weighted by Gasteiger charge is 2.26. The Bertz CT molecular complexity index is 352. The lowest BCUT2D eigenvalue weighted by molar-refractivity contribution is 0.0790. The molecule has 0 aromatic heterocycles. The molecule has 0 radical (unpaired) electrons. The van der Waals surface area contributed by atoms with Crippen LogP contribution in [0.1, 0.15) is 51.9 Å². The zero-order valence-corrected chi connectivity index (χ0v) is 14.2. The summed E-state index contributed by atoms with van der Waals surface area (Å²) in [6.45, 7) is 2.91. The Morgan fingerprint density at radius 2 is 2.05 bits per heavy atom. The maximum atomic E-state index is 12.3. The zero-order chi connectivity index (χ0) is 14.9. The van der Waals surface area contributed by atoms with Gasteiger partial charge in [-0.3, -0.25) is 4.84 Å². The van der Waals surface area contributed by atoms with Crippen LogP contribution in [0.2, 0.25) is 0 Å². The summed E-state index contributed by atoms with van der Waals surface area (Å²) in [4.78, 5) is 19.4. The van der Waals surface area contributed by atoms with Crippen molar-refractivity contribution in [2.45, 2.75) is 57.9 Å². The number of carbonyl (C=O) groups excluding carboxylic acids is 1. The van der Waals surface area contributed by atoms with Gasteiger partial charge in [-0.25, -0.2) is 4.79 Å². The van der Waals surface area contributed by atoms with Gasteiger partial charge in [-0.1, -0.05) is 61.3 Å². The largest absolute Gasteiger partial charge is 0.436 e. The molecule has 0 atom stereocenters. The predicted octanol–water partition coefficient (Wildman–Crippen LogP) is 4.24. The maximum absolute atomic E-state index is 12.3. The number of hydrogen-bond acceptors (Lipinski definition) is 6. The van der Waals surface area contributed by atoms with Gasteiger partial charge in [0.05, 0.1) is 11.9 Å². The lowest BCUT2D eigenvalue weighted by Crippen LogP contribution is -2.42. The number of thioether (sulfide) groups is 2. The van der Waals surface area contributed by atoms with E-state index in [0.29, 0.717) is 17.9 Å². The average molecular weight is 332 g/mol. The molecule has 2 aliphatic rings. The van der Waals surface area contributed by atoms with Crippen LogP contribution in [-0.4, -0.2) is 39.8 Å². The number of nitrogens with zero attached hydrogens (tertiary/aromatic N) is 2. The highest BCUT2D eigenvalue weighted by Crippen LogP contribution is 2.25. The Hall–Kier alpha value is -0.400. The molecule has 0 spiro atoms. The van der Waals surface area contributed by atoms with Crippen molar-refractivity contribution in [3.05, 3.63) is 0 Å². The lowest BCUT2D eigenvalue weighted by atomic mass is 9.94. The molecule has 1 amide bonds. The lowest BCUT2D eigenvalue weighted by Gasteiger charge is -2.32. The number of hydrogen-bond donors (Lipinski definition) is 0. The molecule has 1 saturated carbocycles. The van der Waals surface area contributed by atoms with Crippen molar-refractivity contribution in [2.24, 2.45) is 5.16 Å². The molecule has 0 N–H and O–H groups in total. The Morgan fingerprint density at radius 1 is 1.33 bits per heavy atom. The summed E-state index contributed by atoms with van der Waals surface area (Å²) >= 11 is 2.93. The van der Waals surface area contributed by atoms with E-state index in [-0.39, 0.29) is 6.09 Å². The summed E-state index contributed by atoms with van der Waals surface area (Å²) in [6, 6.07) is 0.327. The van der Waals surface area contributed by atoms with Crippen molar-refractivity contribution in [3.63, 3.8) is 0 Å². The van der Waals surface area contributed by atoms with E-state index in [1.165, 1.54) is 42.8 Å². The number of oxime groups is 1. The summed E-state index contributed by atoms with van der Waals surface area (Å²) in [5.41, 5.74) is 0. The van der Waals surface area contributed by atoms with Crippen LogP contribution in [0.5, 0.6) is 0 Å². The minimum absolute atomic E-state index is 0.296. The molecule has 5 nitrogen and oxygen atoms in total. The number of ether oxygens (including phenoxy) is 1. The van der Waals surface area contributed by atoms with Crippen molar-refractivity contribution in [1.82, 2.24) is 4.90 Å². The van der Waals surface area contributed by atoms with Gasteiger partial charge in [-0.15, -0.1) is 0 Å². The molecule has 1 aliphatic carbocycles. The maximum Gasteiger partial charge on any atom is 0.436 e. The van der Waals surface area contributed by atoms with Gasteiger partial charge in [0.1, 0.15) is 0 Å². The molecule has 0 aromatic rings. The van der Waals surface area contributed by atoms with Crippen molar-refractivity contribution in [2.75, 3.05) is 18.4 Å². The highest BCUT2D eigenvalue weighted by atomic mass is 32.2. The second-order valence-electron chi connectivity index (χ2n) is 5.28. The normalized spacial score (nSPS) is 20.1. The van der Waals surface area contributed by atoms with E-state index in [9.17, 15) is 4.79 Å². The van der Waals surface area contributed by atoms with E-state index < -0.39 is 0 Å². The first-order valence-electron chi connectivity index (χ1n) is 7.70. The Morgan fingerprint density at radius 3 is 2.71 bits per heavy atom. The van der Waals surface area contributed by atoms with E-state index in [1.807, 2.05) is 4.90 Å². The SMILES string of the molecule is CCCCN(C(=O)ON=C1SCOCS1)C1CCCCC1. The summed E-state index contributed by atoms with van der Waals surface area (Å²) in [6.07, 6.45) is 7.67. The number of carbonyl (C=O) groups is 1. The first-order valence-corrected chi connectivity index (χ1v) is 9.67. The minimum Gasteiger partial charge on any atom is -0.359 e. The molecule has 0 aromatic carbocycles. The van der Waals surface area contributed by atoms with Crippen LogP contribution >= 0.6 is 23.5 Å². The summed E-state index contributed by atoms with van der Waals surface area (Å²) in [5.74, 6) is 1.15. The van der Waals surface area contributed by atoms with Gasteiger partial charge >= 0.3 is 6.09 Å². The molecular formula is C14H24N2O3S2. The third-order valence-corrected chi connectivity index (χ3v) is 5.65. The summed E-state index contributed by atoms with van der Waals surface area (Å²) < 4.78 is 5.97. The molecule has 0 unspecified atom stereocenters. The zero-order valence-electron chi connectivity index (χ0n) is 12.6. The third kappa shape index (κ3) is 5.71. The fourth-order valence-electron chi connectivity index (χ4n) is 2.59. The minimum atomic E-state index is -0.296. The van der Waals surface area contributed by atoms with Gasteiger partial charge in [0, 0.05) is 12.6 Å². The molecule has 7 heteroatoms. The molecule has 2 rings (SSSR count). The van der Waals surface area contributed by atoms with E-state index in [4.69, 9.17) is 9.57 Å². The van der Waals surface area contributed by atoms with Crippen LogP contribution < -0.4 is 0 Å². The molecule has 1 aliphatic heterocycles. The van der Waals surface area contributed by atoms with Crippen LogP contribution in [-0.2, 0) is 9.57 Å². The molecule has 1 saturated heterocycles. The van der Waals surface area contributed by atoms with Crippen LogP contribution in [0.15, 0.2) is 5.16 Å². The number of unbranched alkanes of at least 4 members (excludes halogenated alkanes) is 1. The van der Waals surface area contributed by atoms with Crippen LogP contribution in [0.25, 0.3) is 0 Å². The van der Waals surface area contributed by atoms with E-state index in [2.05, 4.69) is 12.1 Å². The fourth-order valence-corrected chi connectivity index (χ4v) is 4.03. The number of rotatable bonds is 5. The topological polar surface area (TPSA) is 51.1 Å². The van der Waals surface area contributed by atoms with E-state index >= 15 is 0 Å². The van der Waals surface area contributed by atoms with Crippen LogP contribution in [0, 0.1) is 0 Å². The Labute approximate surface area is 135 Å².